The zero-order valence-corrected chi connectivity index (χ0v) is 13.5. The number of aromatic nitrogens is 1. The third kappa shape index (κ3) is 2.34. The van der Waals surface area contributed by atoms with Crippen molar-refractivity contribution in [1.82, 2.24) is 20.1 Å². The number of nitrogens with zero attached hydrogens (tertiary/aromatic N) is 2. The Morgan fingerprint density at radius 1 is 1.30 bits per heavy atom. The molecule has 6 nitrogen and oxygen atoms in total. The van der Waals surface area contributed by atoms with E-state index in [0.29, 0.717) is 36.9 Å². The van der Waals surface area contributed by atoms with Gasteiger partial charge < -0.3 is 20.1 Å². The van der Waals surface area contributed by atoms with Gasteiger partial charge >= 0.3 is 6.03 Å². The van der Waals surface area contributed by atoms with E-state index in [0.717, 1.165) is 16.5 Å². The summed E-state index contributed by atoms with van der Waals surface area (Å²) in [5.74, 6) is -0.0317. The summed E-state index contributed by atoms with van der Waals surface area (Å²) in [6.07, 6.45) is 0. The number of halogens is 1. The molecule has 0 spiro atoms. The van der Waals surface area contributed by atoms with Crippen molar-refractivity contribution in [2.75, 3.05) is 26.2 Å². The van der Waals surface area contributed by atoms with Gasteiger partial charge in [0.1, 0.15) is 5.69 Å². The first-order chi connectivity index (χ1) is 11.0. The molecule has 3 heterocycles. The minimum atomic E-state index is -0.0317. The molecule has 0 radical (unpaired) electrons. The van der Waals surface area contributed by atoms with Gasteiger partial charge in [0, 0.05) is 42.1 Å². The van der Waals surface area contributed by atoms with E-state index in [-0.39, 0.29) is 18.0 Å². The fourth-order valence-corrected chi connectivity index (χ4v) is 3.72. The van der Waals surface area contributed by atoms with Crippen LogP contribution >= 0.6 is 11.6 Å². The molecule has 2 saturated heterocycles. The summed E-state index contributed by atoms with van der Waals surface area (Å²) in [5, 5.41) is 4.48. The second-order valence-electron chi connectivity index (χ2n) is 6.15. The van der Waals surface area contributed by atoms with Crippen molar-refractivity contribution in [3.05, 3.63) is 34.5 Å². The predicted molar refractivity (Wildman–Crippen MR) is 87.8 cm³/mol. The molecule has 2 N–H and O–H groups in total. The molecule has 120 valence electrons. The van der Waals surface area contributed by atoms with Crippen LogP contribution in [0, 0.1) is 6.92 Å². The normalized spacial score (nSPS) is 20.8. The minimum Gasteiger partial charge on any atom is -0.350 e. The molecule has 1 aromatic carbocycles. The zero-order valence-electron chi connectivity index (χ0n) is 12.7. The van der Waals surface area contributed by atoms with E-state index in [4.69, 9.17) is 11.6 Å². The maximum absolute atomic E-state index is 12.8. The number of hydrogen-bond donors (Lipinski definition) is 2. The first kappa shape index (κ1) is 14.4. The van der Waals surface area contributed by atoms with Crippen LogP contribution in [-0.2, 0) is 0 Å². The lowest BCUT2D eigenvalue weighted by Gasteiger charge is -2.36. The molecule has 23 heavy (non-hydrogen) atoms. The molecule has 1 aromatic heterocycles. The SMILES string of the molecule is Cc1cc(Cl)cc2[nH]c(C(=O)N3CCN4C(=O)NCC4C3)cc12. The third-order valence-electron chi connectivity index (χ3n) is 4.66. The lowest BCUT2D eigenvalue weighted by molar-refractivity contribution is 0.0612. The van der Waals surface area contributed by atoms with E-state index < -0.39 is 0 Å². The monoisotopic (exact) mass is 332 g/mol. The maximum Gasteiger partial charge on any atom is 0.317 e. The maximum atomic E-state index is 12.8. The van der Waals surface area contributed by atoms with Crippen molar-refractivity contribution >= 4 is 34.4 Å². The highest BCUT2D eigenvalue weighted by atomic mass is 35.5. The fourth-order valence-electron chi connectivity index (χ4n) is 3.45. The van der Waals surface area contributed by atoms with E-state index in [1.54, 1.807) is 4.90 Å². The Hall–Kier alpha value is -2.21. The molecule has 4 rings (SSSR count). The Kier molecular flexibility index (Phi) is 3.23. The number of amides is 3. The number of nitrogens with one attached hydrogen (secondary N) is 2. The van der Waals surface area contributed by atoms with Crippen molar-refractivity contribution in [1.29, 1.82) is 0 Å². The number of piperazine rings is 1. The molecule has 3 amide bonds. The van der Waals surface area contributed by atoms with Crippen molar-refractivity contribution in [3.63, 3.8) is 0 Å². The molecule has 0 saturated carbocycles. The van der Waals surface area contributed by atoms with Crippen molar-refractivity contribution in [2.45, 2.75) is 13.0 Å². The van der Waals surface area contributed by atoms with Crippen molar-refractivity contribution < 1.29 is 9.59 Å². The summed E-state index contributed by atoms with van der Waals surface area (Å²) in [6, 6.07) is 5.64. The van der Waals surface area contributed by atoms with Crippen LogP contribution in [0.2, 0.25) is 5.02 Å². The van der Waals surface area contributed by atoms with Gasteiger partial charge in [-0.2, -0.15) is 0 Å². The van der Waals surface area contributed by atoms with Crippen LogP contribution in [0.4, 0.5) is 4.79 Å². The second-order valence-corrected chi connectivity index (χ2v) is 6.59. The minimum absolute atomic E-state index is 0.0297. The molecular formula is C16H17ClN4O2. The number of aromatic amines is 1. The van der Waals surface area contributed by atoms with Crippen molar-refractivity contribution in [3.8, 4) is 0 Å². The van der Waals surface area contributed by atoms with Crippen LogP contribution in [0.25, 0.3) is 10.9 Å². The number of rotatable bonds is 1. The van der Waals surface area contributed by atoms with Gasteiger partial charge in [0.25, 0.3) is 5.91 Å². The van der Waals surface area contributed by atoms with Gasteiger partial charge in [0.05, 0.1) is 6.04 Å². The first-order valence-corrected chi connectivity index (χ1v) is 8.03. The number of hydrogen-bond acceptors (Lipinski definition) is 2. The first-order valence-electron chi connectivity index (χ1n) is 7.65. The zero-order chi connectivity index (χ0) is 16.1. The summed E-state index contributed by atoms with van der Waals surface area (Å²) < 4.78 is 0. The molecule has 2 aliphatic heterocycles. The Balaban J connectivity index is 1.60. The Labute approximate surface area is 138 Å². The highest BCUT2D eigenvalue weighted by Crippen LogP contribution is 2.25. The molecule has 0 aliphatic carbocycles. The smallest absolute Gasteiger partial charge is 0.317 e. The molecule has 1 unspecified atom stereocenters. The highest BCUT2D eigenvalue weighted by Gasteiger charge is 2.37. The lowest BCUT2D eigenvalue weighted by Crippen LogP contribution is -2.53. The van der Waals surface area contributed by atoms with Gasteiger partial charge in [-0.05, 0) is 30.7 Å². The summed E-state index contributed by atoms with van der Waals surface area (Å²) in [7, 11) is 0. The molecule has 1 atom stereocenters. The van der Waals surface area contributed by atoms with Crippen LogP contribution in [0.1, 0.15) is 16.1 Å². The lowest BCUT2D eigenvalue weighted by atomic mass is 10.1. The molecular weight excluding hydrogens is 316 g/mol. The summed E-state index contributed by atoms with van der Waals surface area (Å²) in [5.41, 5.74) is 2.48. The standard InChI is InChI=1S/C16H17ClN4O2/c1-9-4-10(17)5-13-12(9)6-14(19-13)15(22)20-2-3-21-11(8-20)7-18-16(21)23/h4-6,11,19H,2-3,7-8H2,1H3,(H,18,23). The van der Waals surface area contributed by atoms with Gasteiger partial charge in [-0.3, -0.25) is 4.79 Å². The number of H-pyrrole nitrogens is 1. The van der Waals surface area contributed by atoms with E-state index >= 15 is 0 Å². The largest absolute Gasteiger partial charge is 0.350 e. The molecule has 7 heteroatoms. The van der Waals surface area contributed by atoms with E-state index in [1.807, 2.05) is 30.0 Å². The quantitative estimate of drug-likeness (QED) is 0.838. The highest BCUT2D eigenvalue weighted by molar-refractivity contribution is 6.31. The van der Waals surface area contributed by atoms with Gasteiger partial charge in [-0.15, -0.1) is 0 Å². The van der Waals surface area contributed by atoms with Crippen LogP contribution in [0.15, 0.2) is 18.2 Å². The Morgan fingerprint density at radius 3 is 2.96 bits per heavy atom. The predicted octanol–water partition coefficient (Wildman–Crippen LogP) is 1.98. The average molecular weight is 333 g/mol. The number of fused-ring (bicyclic) bond motifs is 2. The topological polar surface area (TPSA) is 68.4 Å². The fraction of sp³-hybridized carbons (Fsp3) is 0.375. The second kappa shape index (κ2) is 5.16. The number of carbonyl (C=O) groups is 2. The molecule has 2 fully saturated rings. The van der Waals surface area contributed by atoms with Crippen LogP contribution in [0.3, 0.4) is 0 Å². The van der Waals surface area contributed by atoms with Crippen molar-refractivity contribution in [2.24, 2.45) is 0 Å². The molecule has 0 bridgehead atoms. The van der Waals surface area contributed by atoms with E-state index in [2.05, 4.69) is 10.3 Å². The van der Waals surface area contributed by atoms with E-state index in [9.17, 15) is 9.59 Å². The average Bonchev–Trinajstić information content (AvgIpc) is 3.10. The number of carbonyl (C=O) groups excluding carboxylic acids is 2. The summed E-state index contributed by atoms with van der Waals surface area (Å²) in [6.45, 7) is 4.27. The third-order valence-corrected chi connectivity index (χ3v) is 4.88. The van der Waals surface area contributed by atoms with Gasteiger partial charge in [0.15, 0.2) is 0 Å². The summed E-state index contributed by atoms with van der Waals surface area (Å²) in [4.78, 5) is 31.2. The molecule has 2 aliphatic rings. The number of benzene rings is 1. The van der Waals surface area contributed by atoms with E-state index in [1.165, 1.54) is 0 Å². The van der Waals surface area contributed by atoms with Gasteiger partial charge in [0.2, 0.25) is 0 Å². The number of aryl methyl sites for hydroxylation is 1. The van der Waals surface area contributed by atoms with Gasteiger partial charge in [-0.1, -0.05) is 11.6 Å². The van der Waals surface area contributed by atoms with Crippen LogP contribution in [0.5, 0.6) is 0 Å². The Bertz CT molecular complexity index is 816. The molecule has 2 aromatic rings. The van der Waals surface area contributed by atoms with Gasteiger partial charge in [-0.25, -0.2) is 4.79 Å². The number of urea groups is 1. The summed E-state index contributed by atoms with van der Waals surface area (Å²) >= 11 is 6.08. The van der Waals surface area contributed by atoms with Crippen LogP contribution in [-0.4, -0.2) is 58.9 Å². The van der Waals surface area contributed by atoms with Crippen LogP contribution < -0.4 is 5.32 Å². The Morgan fingerprint density at radius 2 is 2.13 bits per heavy atom.